The Morgan fingerprint density at radius 1 is 0.951 bits per heavy atom. The van der Waals surface area contributed by atoms with Crippen molar-refractivity contribution in [3.8, 4) is 17.2 Å². The first-order valence-corrected chi connectivity index (χ1v) is 14.0. The summed E-state index contributed by atoms with van der Waals surface area (Å²) in [4.78, 5) is 39.5. The molecule has 0 saturated heterocycles. The monoisotopic (exact) mass is 566 g/mol. The van der Waals surface area contributed by atoms with Gasteiger partial charge in [-0.2, -0.15) is 0 Å². The molecule has 0 spiro atoms. The van der Waals surface area contributed by atoms with E-state index in [-0.39, 0.29) is 28.0 Å². The molecule has 0 unspecified atom stereocenters. The Hall–Kier alpha value is -3.81. The minimum Gasteiger partial charge on any atom is -0.511 e. The first-order valence-electron chi connectivity index (χ1n) is 14.0. The van der Waals surface area contributed by atoms with Crippen molar-refractivity contribution in [2.75, 3.05) is 0 Å². The Kier molecular flexibility index (Phi) is 8.68. The van der Waals surface area contributed by atoms with E-state index < -0.39 is 75.2 Å². The number of ketones is 3. The molecule has 1 atom stereocenters. The maximum atomic E-state index is 13.4. The Balaban J connectivity index is 2.25. The molecule has 4 N–H and O–H groups in total. The summed E-state index contributed by atoms with van der Waals surface area (Å²) in [5.41, 5.74) is -1.93. The third-order valence-corrected chi connectivity index (χ3v) is 7.76. The van der Waals surface area contributed by atoms with E-state index in [0.717, 1.165) is 5.57 Å². The van der Waals surface area contributed by atoms with Crippen molar-refractivity contribution in [3.05, 3.63) is 57.1 Å². The normalized spacial score (nSPS) is 19.9. The molecule has 8 heteroatoms. The molecule has 3 rings (SSSR count). The first-order chi connectivity index (χ1) is 18.9. The van der Waals surface area contributed by atoms with Gasteiger partial charge in [0.1, 0.15) is 45.5 Å². The Morgan fingerprint density at radius 3 is 2.07 bits per heavy atom. The van der Waals surface area contributed by atoms with Crippen LogP contribution >= 0.6 is 0 Å². The van der Waals surface area contributed by atoms with Crippen LogP contribution in [0.25, 0.3) is 6.08 Å². The SMILES string of the molecule is CC(C)=CCC[C@@]1(C)C=Cc2c(O)c(CC3=C(O)C(C)(C)C(=O)C(C(=O)C(C)C)=C3O)c(O)c(C(=O)C(C)C)c2O1. The molecule has 0 bridgehead atoms. The van der Waals surface area contributed by atoms with Crippen LogP contribution in [0.2, 0.25) is 0 Å². The number of hydrogen-bond donors (Lipinski definition) is 4. The first kappa shape index (κ1) is 31.7. The van der Waals surface area contributed by atoms with E-state index in [1.807, 2.05) is 20.8 Å². The minimum atomic E-state index is -1.55. The summed E-state index contributed by atoms with van der Waals surface area (Å²) in [6.07, 6.45) is 6.34. The fourth-order valence-electron chi connectivity index (χ4n) is 5.06. The number of carbonyl (C=O) groups is 3. The average molecular weight is 567 g/mol. The largest absolute Gasteiger partial charge is 0.511 e. The molecule has 222 valence electrons. The number of Topliss-reactive ketones (excluding diaryl/α,β-unsaturated/α-hetero) is 3. The lowest BCUT2D eigenvalue weighted by atomic mass is 9.72. The van der Waals surface area contributed by atoms with E-state index >= 15 is 0 Å². The molecule has 41 heavy (non-hydrogen) atoms. The number of ether oxygens (including phenoxy) is 1. The highest BCUT2D eigenvalue weighted by Gasteiger charge is 2.46. The van der Waals surface area contributed by atoms with Crippen molar-refractivity contribution < 1.29 is 39.5 Å². The number of carbonyl (C=O) groups excluding carboxylic acids is 3. The number of benzene rings is 1. The summed E-state index contributed by atoms with van der Waals surface area (Å²) >= 11 is 0. The third-order valence-electron chi connectivity index (χ3n) is 7.76. The number of allylic oxidation sites excluding steroid dienone is 5. The molecule has 0 radical (unpaired) electrons. The Morgan fingerprint density at radius 2 is 1.54 bits per heavy atom. The summed E-state index contributed by atoms with van der Waals surface area (Å²) < 4.78 is 6.31. The van der Waals surface area contributed by atoms with Gasteiger partial charge in [-0.05, 0) is 59.6 Å². The summed E-state index contributed by atoms with van der Waals surface area (Å²) in [5.74, 6) is -4.99. The Bertz CT molecular complexity index is 1430. The fourth-order valence-corrected chi connectivity index (χ4v) is 5.06. The second-order valence-electron chi connectivity index (χ2n) is 12.6. The molecule has 1 aliphatic carbocycles. The van der Waals surface area contributed by atoms with E-state index in [4.69, 9.17) is 4.74 Å². The smallest absolute Gasteiger partial charge is 0.183 e. The van der Waals surface area contributed by atoms with Crippen LogP contribution in [0.1, 0.15) is 96.6 Å². The van der Waals surface area contributed by atoms with Crippen molar-refractivity contribution >= 4 is 23.4 Å². The number of aromatic hydroxyl groups is 2. The zero-order chi connectivity index (χ0) is 31.2. The van der Waals surface area contributed by atoms with Crippen LogP contribution in [-0.2, 0) is 16.0 Å². The van der Waals surface area contributed by atoms with Crippen LogP contribution in [0.3, 0.4) is 0 Å². The zero-order valence-electron chi connectivity index (χ0n) is 25.4. The fraction of sp³-hybridized carbons (Fsp3) is 0.485. The average Bonchev–Trinajstić information content (AvgIpc) is 2.86. The lowest BCUT2D eigenvalue weighted by Gasteiger charge is -2.34. The summed E-state index contributed by atoms with van der Waals surface area (Å²) in [6.45, 7) is 15.2. The molecule has 1 aliphatic heterocycles. The lowest BCUT2D eigenvalue weighted by molar-refractivity contribution is -0.128. The van der Waals surface area contributed by atoms with Crippen LogP contribution < -0.4 is 4.74 Å². The highest BCUT2D eigenvalue weighted by molar-refractivity contribution is 6.24. The van der Waals surface area contributed by atoms with Gasteiger partial charge >= 0.3 is 0 Å². The van der Waals surface area contributed by atoms with Gasteiger partial charge in [-0.15, -0.1) is 0 Å². The van der Waals surface area contributed by atoms with E-state index in [1.165, 1.54) is 13.8 Å². The van der Waals surface area contributed by atoms with Crippen LogP contribution in [0, 0.1) is 17.3 Å². The standard InChI is InChI=1S/C33H42O8/c1-16(2)11-10-13-33(9)14-12-19-26(36)20(27(37)22(29(19)41-33)24(34)17(3)4)15-21-28(38)23(25(35)18(5)6)31(40)32(7,8)30(21)39/h11-12,14,17-18,36-39H,10,13,15H2,1-9H3/t33-/m0/s1. The van der Waals surface area contributed by atoms with Gasteiger partial charge in [0.15, 0.2) is 17.3 Å². The van der Waals surface area contributed by atoms with Gasteiger partial charge in [0.25, 0.3) is 0 Å². The third kappa shape index (κ3) is 5.69. The molecule has 0 amide bonds. The number of rotatable bonds is 9. The molecule has 8 nitrogen and oxygen atoms in total. The predicted octanol–water partition coefficient (Wildman–Crippen LogP) is 6.85. The summed E-state index contributed by atoms with van der Waals surface area (Å²) in [5, 5.41) is 45.1. The number of phenolic OH excluding ortho intramolecular Hbond substituents is 2. The van der Waals surface area contributed by atoms with Gasteiger partial charge in [-0.3, -0.25) is 14.4 Å². The van der Waals surface area contributed by atoms with Crippen molar-refractivity contribution in [1.29, 1.82) is 0 Å². The van der Waals surface area contributed by atoms with Crippen molar-refractivity contribution in [2.24, 2.45) is 17.3 Å². The maximum absolute atomic E-state index is 13.4. The number of fused-ring (bicyclic) bond motifs is 1. The molecule has 0 fully saturated rings. The number of aliphatic hydroxyl groups excluding tert-OH is 2. The number of hydrogen-bond acceptors (Lipinski definition) is 8. The molecular formula is C33H42O8. The second-order valence-corrected chi connectivity index (χ2v) is 12.6. The van der Waals surface area contributed by atoms with E-state index in [1.54, 1.807) is 39.8 Å². The molecule has 0 saturated carbocycles. The lowest BCUT2D eigenvalue weighted by Crippen LogP contribution is -2.38. The van der Waals surface area contributed by atoms with Gasteiger partial charge in [0.05, 0.1) is 11.0 Å². The highest BCUT2D eigenvalue weighted by atomic mass is 16.5. The van der Waals surface area contributed by atoms with Crippen molar-refractivity contribution in [2.45, 2.75) is 87.2 Å². The number of aliphatic hydroxyl groups is 2. The topological polar surface area (TPSA) is 141 Å². The van der Waals surface area contributed by atoms with Crippen molar-refractivity contribution in [3.63, 3.8) is 0 Å². The predicted molar refractivity (Wildman–Crippen MR) is 157 cm³/mol. The van der Waals surface area contributed by atoms with Gasteiger partial charge in [0.2, 0.25) is 0 Å². The molecular weight excluding hydrogens is 524 g/mol. The zero-order valence-corrected chi connectivity index (χ0v) is 25.4. The van der Waals surface area contributed by atoms with Crippen LogP contribution in [0.5, 0.6) is 17.2 Å². The van der Waals surface area contributed by atoms with Crippen molar-refractivity contribution in [1.82, 2.24) is 0 Å². The summed E-state index contributed by atoms with van der Waals surface area (Å²) in [6, 6.07) is 0. The highest BCUT2D eigenvalue weighted by Crippen LogP contribution is 2.50. The van der Waals surface area contributed by atoms with E-state index in [0.29, 0.717) is 12.8 Å². The Labute approximate surface area is 241 Å². The van der Waals surface area contributed by atoms with E-state index in [9.17, 15) is 34.8 Å². The molecule has 1 aromatic carbocycles. The van der Waals surface area contributed by atoms with Crippen LogP contribution in [-0.4, -0.2) is 43.4 Å². The summed E-state index contributed by atoms with van der Waals surface area (Å²) in [7, 11) is 0. The second kappa shape index (κ2) is 11.2. The van der Waals surface area contributed by atoms with Gasteiger partial charge in [-0.25, -0.2) is 0 Å². The number of phenols is 2. The van der Waals surface area contributed by atoms with Gasteiger partial charge in [-0.1, -0.05) is 39.3 Å². The maximum Gasteiger partial charge on any atom is 0.183 e. The minimum absolute atomic E-state index is 0.0532. The van der Waals surface area contributed by atoms with Crippen LogP contribution in [0.15, 0.2) is 40.4 Å². The van der Waals surface area contributed by atoms with Crippen LogP contribution in [0.4, 0.5) is 0 Å². The molecule has 1 heterocycles. The molecule has 1 aromatic rings. The van der Waals surface area contributed by atoms with Gasteiger partial charge < -0.3 is 25.2 Å². The quantitative estimate of drug-likeness (QED) is 0.144. The molecule has 2 aliphatic rings. The molecule has 0 aromatic heterocycles. The van der Waals surface area contributed by atoms with E-state index in [2.05, 4.69) is 6.08 Å². The van der Waals surface area contributed by atoms with Gasteiger partial charge in [0, 0.05) is 29.4 Å².